The van der Waals surface area contributed by atoms with Crippen LogP contribution in [0.15, 0.2) is 47.4 Å². The van der Waals surface area contributed by atoms with Crippen LogP contribution in [-0.2, 0) is 14.8 Å². The van der Waals surface area contributed by atoms with Crippen LogP contribution in [0.5, 0.6) is 0 Å². The average Bonchev–Trinajstić information content (AvgIpc) is 2.59. The van der Waals surface area contributed by atoms with Crippen molar-refractivity contribution in [2.75, 3.05) is 11.9 Å². The Bertz CT molecular complexity index is 899. The van der Waals surface area contributed by atoms with E-state index in [1.807, 2.05) is 19.1 Å². The number of nitrogens with one attached hydrogen (secondary N) is 1. The highest BCUT2D eigenvalue weighted by Crippen LogP contribution is 2.21. The largest absolute Gasteiger partial charge is 0.325 e. The number of sulfonamides is 1. The van der Waals surface area contributed by atoms with Gasteiger partial charge in [-0.15, -0.1) is 0 Å². The molecule has 0 aliphatic rings. The van der Waals surface area contributed by atoms with Crippen LogP contribution in [0, 0.1) is 18.6 Å². The van der Waals surface area contributed by atoms with Gasteiger partial charge in [0.15, 0.2) is 11.6 Å². The first-order valence-electron chi connectivity index (χ1n) is 8.01. The molecule has 2 aromatic carbocycles. The molecule has 0 aliphatic carbocycles. The summed E-state index contributed by atoms with van der Waals surface area (Å²) in [6.07, 6.45) is 0. The first-order valence-corrected chi connectivity index (χ1v) is 9.45. The number of nitrogens with zero attached hydrogens (tertiary/aromatic N) is 1. The number of carbonyl (C=O) groups excluding carboxylic acids is 1. The van der Waals surface area contributed by atoms with Gasteiger partial charge in [-0.05, 0) is 44.2 Å². The third kappa shape index (κ3) is 4.25. The van der Waals surface area contributed by atoms with Crippen molar-refractivity contribution in [1.82, 2.24) is 4.31 Å². The van der Waals surface area contributed by atoms with Crippen LogP contribution >= 0.6 is 0 Å². The zero-order valence-electron chi connectivity index (χ0n) is 14.7. The molecule has 2 aromatic rings. The van der Waals surface area contributed by atoms with Crippen LogP contribution in [0.1, 0.15) is 19.4 Å². The molecule has 1 amide bonds. The quantitative estimate of drug-likeness (QED) is 0.834. The maximum atomic E-state index is 13.4. The Kier molecular flexibility index (Phi) is 6.09. The van der Waals surface area contributed by atoms with E-state index in [0.717, 1.165) is 22.0 Å². The van der Waals surface area contributed by atoms with E-state index in [0.29, 0.717) is 11.8 Å². The second-order valence-electron chi connectivity index (χ2n) is 5.82. The van der Waals surface area contributed by atoms with Gasteiger partial charge in [0, 0.05) is 12.2 Å². The highest BCUT2D eigenvalue weighted by Gasteiger charge is 2.32. The van der Waals surface area contributed by atoms with Crippen molar-refractivity contribution in [3.8, 4) is 0 Å². The minimum Gasteiger partial charge on any atom is -0.325 e. The number of benzene rings is 2. The van der Waals surface area contributed by atoms with Gasteiger partial charge in [-0.1, -0.05) is 24.6 Å². The minimum absolute atomic E-state index is 0.0101. The van der Waals surface area contributed by atoms with Crippen molar-refractivity contribution in [1.29, 1.82) is 0 Å². The number of hydrogen-bond acceptors (Lipinski definition) is 3. The lowest BCUT2D eigenvalue weighted by Crippen LogP contribution is -2.45. The summed E-state index contributed by atoms with van der Waals surface area (Å²) in [7, 11) is -4.17. The van der Waals surface area contributed by atoms with Gasteiger partial charge in [-0.2, -0.15) is 4.31 Å². The third-order valence-corrected chi connectivity index (χ3v) is 5.98. The molecule has 1 atom stereocenters. The molecular weight excluding hydrogens is 362 g/mol. The smallest absolute Gasteiger partial charge is 0.243 e. The second kappa shape index (κ2) is 7.92. The molecule has 0 fully saturated rings. The number of likely N-dealkylation sites (N-methyl/N-ethyl adjacent to an activating group) is 1. The Morgan fingerprint density at radius 3 is 2.27 bits per heavy atom. The molecule has 0 spiro atoms. The molecule has 0 radical (unpaired) electrons. The predicted molar refractivity (Wildman–Crippen MR) is 95.2 cm³/mol. The first-order chi connectivity index (χ1) is 12.2. The molecule has 26 heavy (non-hydrogen) atoms. The lowest BCUT2D eigenvalue weighted by molar-refractivity contribution is -0.119. The van der Waals surface area contributed by atoms with E-state index in [1.165, 1.54) is 6.92 Å². The van der Waals surface area contributed by atoms with Gasteiger partial charge >= 0.3 is 0 Å². The highest BCUT2D eigenvalue weighted by atomic mass is 32.2. The molecule has 140 valence electrons. The Labute approximate surface area is 151 Å². The molecule has 0 aliphatic heterocycles. The van der Waals surface area contributed by atoms with Crippen molar-refractivity contribution < 1.29 is 22.0 Å². The number of anilines is 1. The minimum atomic E-state index is -4.17. The van der Waals surface area contributed by atoms with Gasteiger partial charge in [-0.25, -0.2) is 17.2 Å². The second-order valence-corrected chi connectivity index (χ2v) is 7.71. The fraction of sp³-hybridized carbons (Fsp3) is 0.278. The lowest BCUT2D eigenvalue weighted by atomic mass is 10.2. The molecule has 8 heteroatoms. The molecule has 2 rings (SSSR count). The zero-order valence-corrected chi connectivity index (χ0v) is 15.5. The molecule has 0 bridgehead atoms. The molecule has 0 heterocycles. The van der Waals surface area contributed by atoms with Gasteiger partial charge in [0.1, 0.15) is 6.04 Å². The summed E-state index contributed by atoms with van der Waals surface area (Å²) in [5.74, 6) is -2.93. The standard InChI is InChI=1S/C18H20F2N2O3S/c1-4-22(26(24,25)15-9-10-16(19)17(20)11-15)13(3)18(23)21-14-7-5-12(2)6-8-14/h5-11,13H,4H2,1-3H3,(H,21,23)/t13-/m0/s1. The maximum Gasteiger partial charge on any atom is 0.243 e. The molecule has 0 saturated heterocycles. The van der Waals surface area contributed by atoms with Crippen LogP contribution < -0.4 is 5.32 Å². The monoisotopic (exact) mass is 382 g/mol. The number of halogens is 2. The molecule has 0 aromatic heterocycles. The number of amides is 1. The van der Waals surface area contributed by atoms with Crippen LogP contribution in [0.2, 0.25) is 0 Å². The van der Waals surface area contributed by atoms with Gasteiger partial charge in [0.25, 0.3) is 0 Å². The summed E-state index contributed by atoms with van der Waals surface area (Å²) < 4.78 is 52.9. The third-order valence-electron chi connectivity index (χ3n) is 3.94. The van der Waals surface area contributed by atoms with E-state index in [-0.39, 0.29) is 6.54 Å². The van der Waals surface area contributed by atoms with E-state index in [1.54, 1.807) is 19.1 Å². The topological polar surface area (TPSA) is 66.5 Å². The van der Waals surface area contributed by atoms with E-state index < -0.39 is 38.5 Å². The lowest BCUT2D eigenvalue weighted by Gasteiger charge is -2.26. The summed E-state index contributed by atoms with van der Waals surface area (Å²) in [5.41, 5.74) is 1.56. The van der Waals surface area contributed by atoms with E-state index in [2.05, 4.69) is 5.32 Å². The van der Waals surface area contributed by atoms with Crippen LogP contribution in [0.3, 0.4) is 0 Å². The van der Waals surface area contributed by atoms with Crippen molar-refractivity contribution in [3.63, 3.8) is 0 Å². The fourth-order valence-corrected chi connectivity index (χ4v) is 4.05. The number of rotatable bonds is 6. The number of hydrogen-bond donors (Lipinski definition) is 1. The molecule has 1 N–H and O–H groups in total. The summed E-state index contributed by atoms with van der Waals surface area (Å²) in [5, 5.41) is 2.65. The molecular formula is C18H20F2N2O3S. The van der Waals surface area contributed by atoms with E-state index >= 15 is 0 Å². The normalized spacial score (nSPS) is 12.8. The molecule has 0 unspecified atom stereocenters. The Balaban J connectivity index is 2.25. The van der Waals surface area contributed by atoms with Crippen LogP contribution in [0.4, 0.5) is 14.5 Å². The summed E-state index contributed by atoms with van der Waals surface area (Å²) in [4.78, 5) is 12.0. The Morgan fingerprint density at radius 2 is 1.73 bits per heavy atom. The van der Waals surface area contributed by atoms with Gasteiger partial charge in [0.05, 0.1) is 4.90 Å². The fourth-order valence-electron chi connectivity index (χ4n) is 2.44. The maximum absolute atomic E-state index is 13.4. The summed E-state index contributed by atoms with van der Waals surface area (Å²) in [6.45, 7) is 4.89. The SMILES string of the molecule is CCN([C@@H](C)C(=O)Nc1ccc(C)cc1)S(=O)(=O)c1ccc(F)c(F)c1. The van der Waals surface area contributed by atoms with Crippen LogP contribution in [-0.4, -0.2) is 31.2 Å². The highest BCUT2D eigenvalue weighted by molar-refractivity contribution is 7.89. The van der Waals surface area contributed by atoms with Crippen molar-refractivity contribution in [2.45, 2.75) is 31.7 Å². The van der Waals surface area contributed by atoms with Crippen molar-refractivity contribution >= 4 is 21.6 Å². The van der Waals surface area contributed by atoms with Crippen molar-refractivity contribution in [2.24, 2.45) is 0 Å². The average molecular weight is 382 g/mol. The summed E-state index contributed by atoms with van der Waals surface area (Å²) >= 11 is 0. The molecule has 5 nitrogen and oxygen atoms in total. The van der Waals surface area contributed by atoms with Gasteiger partial charge in [-0.3, -0.25) is 4.79 Å². The number of carbonyl (C=O) groups is 1. The van der Waals surface area contributed by atoms with Gasteiger partial charge in [0.2, 0.25) is 15.9 Å². The van der Waals surface area contributed by atoms with Crippen LogP contribution in [0.25, 0.3) is 0 Å². The Hall–Kier alpha value is -2.32. The van der Waals surface area contributed by atoms with Gasteiger partial charge < -0.3 is 5.32 Å². The Morgan fingerprint density at radius 1 is 1.12 bits per heavy atom. The summed E-state index contributed by atoms with van der Waals surface area (Å²) in [6, 6.07) is 8.33. The van der Waals surface area contributed by atoms with E-state index in [9.17, 15) is 22.0 Å². The van der Waals surface area contributed by atoms with Crippen molar-refractivity contribution in [3.05, 3.63) is 59.7 Å². The number of aryl methyl sites for hydroxylation is 1. The zero-order chi connectivity index (χ0) is 19.5. The molecule has 0 saturated carbocycles. The first kappa shape index (κ1) is 20.0. The predicted octanol–water partition coefficient (Wildman–Crippen LogP) is 3.31. The van der Waals surface area contributed by atoms with E-state index in [4.69, 9.17) is 0 Å².